The molecule has 0 nitrogen and oxygen atoms in total. The first-order valence-corrected chi connectivity index (χ1v) is 8.36. The van der Waals surface area contributed by atoms with Gasteiger partial charge in [-0.2, -0.15) is 23.8 Å². The minimum atomic E-state index is 0. The summed E-state index contributed by atoms with van der Waals surface area (Å²) in [4.78, 5) is 0. The number of benzene rings is 1. The van der Waals surface area contributed by atoms with Crippen molar-refractivity contribution in [3.05, 3.63) is 70.3 Å². The van der Waals surface area contributed by atoms with Crippen molar-refractivity contribution in [1.29, 1.82) is 0 Å². The number of hydrogen-bond acceptors (Lipinski definition) is 0. The second-order valence-electron chi connectivity index (χ2n) is 6.52. The fourth-order valence-electron chi connectivity index (χ4n) is 3.01. The first-order chi connectivity index (χ1) is 10.5. The minimum absolute atomic E-state index is 0. The van der Waals surface area contributed by atoms with Gasteiger partial charge < -0.3 is 24.8 Å². The Hall–Kier alpha value is -0.357. The summed E-state index contributed by atoms with van der Waals surface area (Å²) in [6.07, 6.45) is 3.87. The van der Waals surface area contributed by atoms with E-state index in [1.165, 1.54) is 57.9 Å². The summed E-state index contributed by atoms with van der Waals surface area (Å²) in [5.74, 6) is 0. The zero-order chi connectivity index (χ0) is 16.1. The molecular weight excluding hydrogens is 426 g/mol. The Morgan fingerprint density at radius 2 is 1.64 bits per heavy atom. The van der Waals surface area contributed by atoms with E-state index in [1.807, 2.05) is 0 Å². The molecule has 3 rings (SSSR count). The fourth-order valence-corrected chi connectivity index (χ4v) is 3.01. The molecular formula is C22H28Cl2Zr. The fraction of sp³-hybridized carbons (Fsp3) is 0.364. The predicted octanol–water partition coefficient (Wildman–Crippen LogP) is 0.546. The molecule has 3 aromatic carbocycles. The number of aryl methyl sites for hydroxylation is 5. The Balaban J connectivity index is 0. The molecule has 0 bridgehead atoms. The second-order valence-corrected chi connectivity index (χ2v) is 6.52. The zero-order valence-electron chi connectivity index (χ0n) is 15.9. The molecule has 0 aromatic heterocycles. The van der Waals surface area contributed by atoms with Gasteiger partial charge >= 0.3 is 26.2 Å². The van der Waals surface area contributed by atoms with Crippen LogP contribution in [0, 0.1) is 27.7 Å². The summed E-state index contributed by atoms with van der Waals surface area (Å²) in [5.41, 5.74) is 6.99. The van der Waals surface area contributed by atoms with E-state index in [9.17, 15) is 0 Å². The van der Waals surface area contributed by atoms with Gasteiger partial charge in [-0.25, -0.2) is 11.6 Å². The van der Waals surface area contributed by atoms with E-state index in [1.54, 1.807) is 0 Å². The van der Waals surface area contributed by atoms with Crippen LogP contribution in [0.25, 0.3) is 10.8 Å². The van der Waals surface area contributed by atoms with Gasteiger partial charge in [0.05, 0.1) is 0 Å². The summed E-state index contributed by atoms with van der Waals surface area (Å²) in [6, 6.07) is 15.7. The van der Waals surface area contributed by atoms with Crippen molar-refractivity contribution in [3.63, 3.8) is 0 Å². The molecule has 0 aliphatic carbocycles. The zero-order valence-corrected chi connectivity index (χ0v) is 19.9. The average Bonchev–Trinajstić information content (AvgIpc) is 3.02. The molecule has 0 N–H and O–H groups in total. The first kappa shape index (κ1) is 26.9. The van der Waals surface area contributed by atoms with E-state index < -0.39 is 0 Å². The third-order valence-electron chi connectivity index (χ3n) is 4.11. The molecule has 0 atom stereocenters. The number of unbranched alkanes of at least 4 members (excludes halogenated alkanes) is 1. The molecule has 134 valence electrons. The Morgan fingerprint density at radius 1 is 0.960 bits per heavy atom. The van der Waals surface area contributed by atoms with Gasteiger partial charge in [-0.15, -0.1) is 28.5 Å². The third kappa shape index (κ3) is 8.25. The maximum atomic E-state index is 2.27. The predicted molar refractivity (Wildman–Crippen MR) is 99.1 cm³/mol. The largest absolute Gasteiger partial charge is 4.00 e. The van der Waals surface area contributed by atoms with Gasteiger partial charge in [-0.1, -0.05) is 57.2 Å². The molecule has 0 saturated carbocycles. The smallest absolute Gasteiger partial charge is 1.00 e. The van der Waals surface area contributed by atoms with Crippen LogP contribution in [0.3, 0.4) is 0 Å². The van der Waals surface area contributed by atoms with Crippen LogP contribution in [-0.4, -0.2) is 0 Å². The maximum Gasteiger partial charge on any atom is 4.00 e. The Morgan fingerprint density at radius 3 is 2.20 bits per heavy atom. The average molecular weight is 455 g/mol. The Labute approximate surface area is 185 Å². The Bertz CT molecular complexity index is 738. The van der Waals surface area contributed by atoms with Crippen molar-refractivity contribution in [3.8, 4) is 0 Å². The van der Waals surface area contributed by atoms with E-state index in [-0.39, 0.29) is 51.0 Å². The topological polar surface area (TPSA) is 0 Å². The SMILES string of the molecule is CCCC[c-]1ccc(C)c1.Cc1cc(C)c2cc(C)[cH-]c2c1.[Cl-].[Cl-].[Zr+4]. The quantitative estimate of drug-likeness (QED) is 0.507. The number of halogens is 2. The van der Waals surface area contributed by atoms with Gasteiger partial charge in [0.1, 0.15) is 0 Å². The van der Waals surface area contributed by atoms with Gasteiger partial charge in [0.2, 0.25) is 0 Å². The molecule has 0 amide bonds. The molecule has 0 spiro atoms. The molecule has 3 aromatic rings. The second kappa shape index (κ2) is 12.9. The summed E-state index contributed by atoms with van der Waals surface area (Å²) in [6.45, 7) is 10.9. The maximum absolute atomic E-state index is 2.27. The number of hydrogen-bond donors (Lipinski definition) is 0. The molecule has 3 heteroatoms. The molecule has 0 fully saturated rings. The molecule has 25 heavy (non-hydrogen) atoms. The van der Waals surface area contributed by atoms with Crippen LogP contribution in [-0.2, 0) is 32.6 Å². The molecule has 0 saturated heterocycles. The van der Waals surface area contributed by atoms with E-state index in [4.69, 9.17) is 0 Å². The van der Waals surface area contributed by atoms with Crippen LogP contribution in [0.5, 0.6) is 0 Å². The van der Waals surface area contributed by atoms with Crippen LogP contribution in [0.2, 0.25) is 0 Å². The van der Waals surface area contributed by atoms with Crippen molar-refractivity contribution >= 4 is 10.8 Å². The van der Waals surface area contributed by atoms with Crippen molar-refractivity contribution in [2.45, 2.75) is 53.9 Å². The molecule has 0 radical (unpaired) electrons. The van der Waals surface area contributed by atoms with Crippen LogP contribution < -0.4 is 24.8 Å². The molecule has 0 aliphatic heterocycles. The third-order valence-corrected chi connectivity index (χ3v) is 4.11. The van der Waals surface area contributed by atoms with Crippen molar-refractivity contribution in [2.75, 3.05) is 0 Å². The van der Waals surface area contributed by atoms with Crippen LogP contribution in [0.15, 0.2) is 42.5 Å². The van der Waals surface area contributed by atoms with Crippen LogP contribution >= 0.6 is 0 Å². The normalized spacial score (nSPS) is 9.32. The van der Waals surface area contributed by atoms with E-state index in [2.05, 4.69) is 77.1 Å². The Kier molecular flexibility index (Phi) is 13.9. The molecule has 0 aliphatic rings. The first-order valence-electron chi connectivity index (χ1n) is 8.36. The van der Waals surface area contributed by atoms with Gasteiger partial charge in [0, 0.05) is 0 Å². The van der Waals surface area contributed by atoms with Gasteiger partial charge in [-0.3, -0.25) is 0 Å². The van der Waals surface area contributed by atoms with Crippen molar-refractivity contribution in [2.24, 2.45) is 0 Å². The van der Waals surface area contributed by atoms with E-state index >= 15 is 0 Å². The molecule has 0 unspecified atom stereocenters. The van der Waals surface area contributed by atoms with Crippen molar-refractivity contribution in [1.82, 2.24) is 0 Å². The number of fused-ring (bicyclic) bond motifs is 1. The number of rotatable bonds is 3. The van der Waals surface area contributed by atoms with Crippen LogP contribution in [0.1, 0.15) is 47.6 Å². The van der Waals surface area contributed by atoms with Gasteiger partial charge in [0.25, 0.3) is 0 Å². The summed E-state index contributed by atoms with van der Waals surface area (Å²) in [7, 11) is 0. The summed E-state index contributed by atoms with van der Waals surface area (Å²) < 4.78 is 0. The molecule has 0 heterocycles. The van der Waals surface area contributed by atoms with E-state index in [0.29, 0.717) is 0 Å². The van der Waals surface area contributed by atoms with Gasteiger partial charge in [0.15, 0.2) is 0 Å². The van der Waals surface area contributed by atoms with Crippen molar-refractivity contribution < 1.29 is 51.0 Å². The monoisotopic (exact) mass is 452 g/mol. The van der Waals surface area contributed by atoms with Crippen LogP contribution in [0.4, 0.5) is 0 Å². The standard InChI is InChI=1S/C12H13.C10H15.2ClH.Zr/c1-8-4-10(3)12-7-9(2)6-11(12)5-8;1-3-4-5-10-7-6-9(2)8-10;;;/h4-7H,1-3H3;6-8H,3-5H2,1-2H3;2*1H;/q2*-1;;;+4/p-2. The minimum Gasteiger partial charge on any atom is -1.00 e. The summed E-state index contributed by atoms with van der Waals surface area (Å²) >= 11 is 0. The van der Waals surface area contributed by atoms with E-state index in [0.717, 1.165) is 0 Å². The summed E-state index contributed by atoms with van der Waals surface area (Å²) in [5, 5.41) is 2.78. The van der Waals surface area contributed by atoms with Gasteiger partial charge in [-0.05, 0) is 13.8 Å².